The van der Waals surface area contributed by atoms with Crippen LogP contribution in [0.2, 0.25) is 0 Å². The Morgan fingerprint density at radius 2 is 0.574 bits per heavy atom. The van der Waals surface area contributed by atoms with Crippen molar-refractivity contribution >= 4 is 43.6 Å². The van der Waals surface area contributed by atoms with E-state index in [9.17, 15) is 0 Å². The molecule has 0 N–H and O–H groups in total. The van der Waals surface area contributed by atoms with Crippen molar-refractivity contribution in [3.05, 3.63) is 237 Å². The van der Waals surface area contributed by atoms with Gasteiger partial charge in [0.2, 0.25) is 5.95 Å². The van der Waals surface area contributed by atoms with Crippen LogP contribution < -0.4 is 0 Å². The van der Waals surface area contributed by atoms with Crippen molar-refractivity contribution < 1.29 is 0 Å². The first-order valence-corrected chi connectivity index (χ1v) is 22.8. The summed E-state index contributed by atoms with van der Waals surface area (Å²) < 4.78 is 4.54. The van der Waals surface area contributed by atoms with Gasteiger partial charge in [-0.25, -0.2) is 15.0 Å². The number of para-hydroxylation sites is 2. The standard InChI is InChI=1S/C61H39N7/c1-6-20-40(21-7-1)55-57(56(41-22-8-2-9-23-41)63-58(62-55)42-24-10-3-11-25-42)67-51-32-18-16-30-47(51)49-38-45(34-36-53(49)67)46-35-37-54-50(39-46)48-31-17-19-33-52(48)68(54)61-65-59(43-26-12-4-13-27-43)64-60(66-61)44-28-14-5-15-29-44/h1-39H. The maximum Gasteiger partial charge on any atom is 0.238 e. The monoisotopic (exact) mass is 869 g/mol. The van der Waals surface area contributed by atoms with Crippen molar-refractivity contribution in [1.29, 1.82) is 0 Å². The molecular formula is C61H39N7. The third kappa shape index (κ3) is 6.64. The van der Waals surface area contributed by atoms with Gasteiger partial charge in [0, 0.05) is 49.4 Å². The Morgan fingerprint density at radius 1 is 0.235 bits per heavy atom. The third-order valence-electron chi connectivity index (χ3n) is 12.8. The van der Waals surface area contributed by atoms with E-state index < -0.39 is 0 Å². The zero-order valence-corrected chi connectivity index (χ0v) is 36.6. The summed E-state index contributed by atoms with van der Waals surface area (Å²) in [5.41, 5.74) is 13.9. The largest absolute Gasteiger partial charge is 0.305 e. The lowest BCUT2D eigenvalue weighted by molar-refractivity contribution is 0.953. The van der Waals surface area contributed by atoms with Crippen molar-refractivity contribution in [3.8, 4) is 79.4 Å². The van der Waals surface area contributed by atoms with Gasteiger partial charge in [-0.1, -0.05) is 200 Å². The van der Waals surface area contributed by atoms with Gasteiger partial charge in [0.1, 0.15) is 0 Å². The topological polar surface area (TPSA) is 74.3 Å². The number of hydrogen-bond acceptors (Lipinski definition) is 5. The molecule has 68 heavy (non-hydrogen) atoms. The number of benzene rings is 9. The average Bonchev–Trinajstić information content (AvgIpc) is 3.93. The van der Waals surface area contributed by atoms with E-state index in [1.807, 2.05) is 91.0 Å². The lowest BCUT2D eigenvalue weighted by Gasteiger charge is -2.19. The Hall–Kier alpha value is -9.33. The lowest BCUT2D eigenvalue weighted by atomic mass is 10.0. The van der Waals surface area contributed by atoms with Crippen LogP contribution >= 0.6 is 0 Å². The van der Waals surface area contributed by atoms with Crippen LogP contribution in [0.3, 0.4) is 0 Å². The summed E-state index contributed by atoms with van der Waals surface area (Å²) in [7, 11) is 0. The summed E-state index contributed by atoms with van der Waals surface area (Å²) in [6.07, 6.45) is 0. The number of nitrogens with zero attached hydrogens (tertiary/aromatic N) is 7. The fourth-order valence-corrected chi connectivity index (χ4v) is 9.64. The Labute approximate surface area is 392 Å². The molecule has 0 aliphatic rings. The van der Waals surface area contributed by atoms with Crippen molar-refractivity contribution in [2.75, 3.05) is 0 Å². The molecule has 9 aromatic carbocycles. The Morgan fingerprint density at radius 3 is 1.01 bits per heavy atom. The van der Waals surface area contributed by atoms with Crippen molar-refractivity contribution in [2.45, 2.75) is 0 Å². The Bertz CT molecular complexity index is 3880. The number of rotatable bonds is 8. The van der Waals surface area contributed by atoms with Gasteiger partial charge in [-0.2, -0.15) is 9.97 Å². The highest BCUT2D eigenvalue weighted by atomic mass is 15.2. The molecule has 0 aliphatic heterocycles. The normalized spacial score (nSPS) is 11.5. The van der Waals surface area contributed by atoms with Gasteiger partial charge in [0.15, 0.2) is 17.5 Å². The Kier molecular flexibility index (Phi) is 9.35. The SMILES string of the molecule is c1ccc(-c2nc(-c3ccccc3)nc(-n3c4ccccc4c4cc(-c5ccc6c(c5)c5ccccc5n6-c5c(-c6ccccc6)nc(-c6ccccc6)nc5-c5ccccc5)ccc43)n2)cc1. The fraction of sp³-hybridized carbons (Fsp3) is 0. The molecule has 4 heterocycles. The zero-order chi connectivity index (χ0) is 45.0. The van der Waals surface area contributed by atoms with Gasteiger partial charge >= 0.3 is 0 Å². The molecule has 318 valence electrons. The highest BCUT2D eigenvalue weighted by molar-refractivity contribution is 6.13. The highest BCUT2D eigenvalue weighted by Gasteiger charge is 2.25. The summed E-state index contributed by atoms with van der Waals surface area (Å²) in [6, 6.07) is 82.2. The summed E-state index contributed by atoms with van der Waals surface area (Å²) in [6.45, 7) is 0. The molecule has 0 bridgehead atoms. The van der Waals surface area contributed by atoms with E-state index in [1.54, 1.807) is 0 Å². The summed E-state index contributed by atoms with van der Waals surface area (Å²) in [5.74, 6) is 2.48. The fourth-order valence-electron chi connectivity index (χ4n) is 9.64. The average molecular weight is 870 g/mol. The van der Waals surface area contributed by atoms with Gasteiger partial charge in [-0.05, 0) is 47.5 Å². The van der Waals surface area contributed by atoms with E-state index >= 15 is 0 Å². The van der Waals surface area contributed by atoms with Gasteiger partial charge in [0.25, 0.3) is 0 Å². The second kappa shape index (κ2) is 16.3. The quantitative estimate of drug-likeness (QED) is 0.152. The van der Waals surface area contributed by atoms with E-state index in [2.05, 4.69) is 155 Å². The number of aromatic nitrogens is 7. The van der Waals surface area contributed by atoms with E-state index in [4.69, 9.17) is 24.9 Å². The maximum atomic E-state index is 5.41. The molecule has 0 radical (unpaired) electrons. The van der Waals surface area contributed by atoms with Crippen LogP contribution in [0.15, 0.2) is 237 Å². The van der Waals surface area contributed by atoms with Gasteiger partial charge in [-0.15, -0.1) is 0 Å². The maximum absolute atomic E-state index is 5.41. The van der Waals surface area contributed by atoms with E-state index in [0.29, 0.717) is 23.4 Å². The number of hydrogen-bond donors (Lipinski definition) is 0. The summed E-state index contributed by atoms with van der Waals surface area (Å²) in [5, 5.41) is 4.51. The lowest BCUT2D eigenvalue weighted by Crippen LogP contribution is -2.06. The second-order valence-corrected chi connectivity index (χ2v) is 16.9. The minimum Gasteiger partial charge on any atom is -0.305 e. The van der Waals surface area contributed by atoms with Crippen LogP contribution in [0.5, 0.6) is 0 Å². The van der Waals surface area contributed by atoms with Gasteiger partial charge < -0.3 is 4.57 Å². The summed E-state index contributed by atoms with van der Waals surface area (Å²) >= 11 is 0. The van der Waals surface area contributed by atoms with E-state index in [1.165, 1.54) is 0 Å². The van der Waals surface area contributed by atoms with Gasteiger partial charge in [0.05, 0.1) is 39.1 Å². The third-order valence-corrected chi connectivity index (χ3v) is 12.8. The smallest absolute Gasteiger partial charge is 0.238 e. The molecule has 0 spiro atoms. The molecule has 7 heteroatoms. The molecule has 0 atom stereocenters. The van der Waals surface area contributed by atoms with Crippen molar-refractivity contribution in [1.82, 2.24) is 34.1 Å². The van der Waals surface area contributed by atoms with E-state index in [-0.39, 0.29) is 0 Å². The van der Waals surface area contributed by atoms with E-state index in [0.717, 1.165) is 99.6 Å². The van der Waals surface area contributed by atoms with Crippen LogP contribution in [0.25, 0.3) is 123 Å². The molecule has 0 fully saturated rings. The Balaban J connectivity index is 1.01. The first-order chi connectivity index (χ1) is 33.7. The van der Waals surface area contributed by atoms with Gasteiger partial charge in [-0.3, -0.25) is 4.57 Å². The molecule has 0 unspecified atom stereocenters. The molecule has 0 amide bonds. The molecule has 4 aromatic heterocycles. The molecule has 0 aliphatic carbocycles. The predicted octanol–water partition coefficient (Wildman–Crippen LogP) is 14.9. The molecule has 13 aromatic rings. The summed E-state index contributed by atoms with van der Waals surface area (Å²) in [4.78, 5) is 26.1. The van der Waals surface area contributed by atoms with Crippen LogP contribution in [0, 0.1) is 0 Å². The minimum atomic E-state index is 0.566. The van der Waals surface area contributed by atoms with Crippen molar-refractivity contribution in [3.63, 3.8) is 0 Å². The molecule has 0 saturated heterocycles. The molecule has 7 nitrogen and oxygen atoms in total. The van der Waals surface area contributed by atoms with Crippen LogP contribution in [0.1, 0.15) is 0 Å². The van der Waals surface area contributed by atoms with Crippen LogP contribution in [-0.4, -0.2) is 34.1 Å². The molecule has 0 saturated carbocycles. The first-order valence-electron chi connectivity index (χ1n) is 22.8. The van der Waals surface area contributed by atoms with Crippen LogP contribution in [-0.2, 0) is 0 Å². The minimum absolute atomic E-state index is 0.566. The van der Waals surface area contributed by atoms with Crippen molar-refractivity contribution in [2.24, 2.45) is 0 Å². The molecular weight excluding hydrogens is 831 g/mol. The number of fused-ring (bicyclic) bond motifs is 6. The zero-order valence-electron chi connectivity index (χ0n) is 36.6. The van der Waals surface area contributed by atoms with Crippen LogP contribution in [0.4, 0.5) is 0 Å². The first kappa shape index (κ1) is 39.1. The highest BCUT2D eigenvalue weighted by Crippen LogP contribution is 2.43. The molecule has 13 rings (SSSR count). The second-order valence-electron chi connectivity index (χ2n) is 16.9. The predicted molar refractivity (Wildman–Crippen MR) is 277 cm³/mol.